The summed E-state index contributed by atoms with van der Waals surface area (Å²) in [5.41, 5.74) is 2.73. The van der Waals surface area contributed by atoms with Gasteiger partial charge in [-0.05, 0) is 53.8 Å². The van der Waals surface area contributed by atoms with E-state index in [4.69, 9.17) is 11.6 Å². The van der Waals surface area contributed by atoms with Crippen molar-refractivity contribution in [1.82, 2.24) is 4.90 Å². The summed E-state index contributed by atoms with van der Waals surface area (Å²) in [6.07, 6.45) is 0.654. The fraction of sp³-hybridized carbons (Fsp3) is 0.375. The van der Waals surface area contributed by atoms with Gasteiger partial charge in [0, 0.05) is 11.6 Å². The smallest absolute Gasteiger partial charge is 0.336 e. The molecule has 0 atom stereocenters. The van der Waals surface area contributed by atoms with Crippen LogP contribution in [0.25, 0.3) is 11.1 Å². The van der Waals surface area contributed by atoms with Crippen molar-refractivity contribution in [3.05, 3.63) is 70.7 Å². The molecule has 150 valence electrons. The molecule has 0 aliphatic rings. The van der Waals surface area contributed by atoms with E-state index in [0.717, 1.165) is 36.3 Å². The van der Waals surface area contributed by atoms with Crippen LogP contribution in [0.3, 0.4) is 0 Å². The Labute approximate surface area is 173 Å². The first-order valence-electron chi connectivity index (χ1n) is 9.77. The molecule has 28 heavy (non-hydrogen) atoms. The van der Waals surface area contributed by atoms with Gasteiger partial charge >= 0.3 is 5.97 Å². The predicted molar refractivity (Wildman–Crippen MR) is 119 cm³/mol. The number of nitrogens with zero attached hydrogens (tertiary/aromatic N) is 1. The molecular formula is C24H30ClNO2. The van der Waals surface area contributed by atoms with Gasteiger partial charge in [-0.3, -0.25) is 0 Å². The van der Waals surface area contributed by atoms with Crippen LogP contribution < -0.4 is 0 Å². The molecule has 2 aromatic carbocycles. The van der Waals surface area contributed by atoms with Gasteiger partial charge in [0.05, 0.1) is 5.57 Å². The molecule has 0 aliphatic heterocycles. The Morgan fingerprint density at radius 1 is 0.964 bits per heavy atom. The monoisotopic (exact) mass is 399 g/mol. The van der Waals surface area contributed by atoms with Gasteiger partial charge in [0.1, 0.15) is 0 Å². The molecule has 1 N–H and O–H groups in total. The summed E-state index contributed by atoms with van der Waals surface area (Å²) in [7, 11) is 0. The lowest BCUT2D eigenvalue weighted by molar-refractivity contribution is -0.130. The highest BCUT2D eigenvalue weighted by Gasteiger charge is 2.27. The fourth-order valence-corrected chi connectivity index (χ4v) is 3.73. The first-order valence-corrected chi connectivity index (χ1v) is 10.2. The van der Waals surface area contributed by atoms with E-state index in [1.807, 2.05) is 54.6 Å². The maximum Gasteiger partial charge on any atom is 0.336 e. The zero-order valence-corrected chi connectivity index (χ0v) is 18.0. The molecule has 0 heterocycles. The van der Waals surface area contributed by atoms with Crippen LogP contribution in [0.5, 0.6) is 0 Å². The van der Waals surface area contributed by atoms with Crippen LogP contribution >= 0.6 is 11.6 Å². The molecule has 0 amide bonds. The SMILES string of the molecule is CCN(CC)CC(C)(C)CC(=C(C(=O)O)c1ccccc1)c1ccc(Cl)cc1. The summed E-state index contributed by atoms with van der Waals surface area (Å²) in [4.78, 5) is 14.7. The first-order chi connectivity index (χ1) is 13.3. The Morgan fingerprint density at radius 3 is 2.04 bits per heavy atom. The number of halogens is 1. The van der Waals surface area contributed by atoms with Crippen LogP contribution in [-0.4, -0.2) is 35.6 Å². The van der Waals surface area contributed by atoms with Crippen LogP contribution in [0.4, 0.5) is 0 Å². The van der Waals surface area contributed by atoms with Crippen molar-refractivity contribution in [3.63, 3.8) is 0 Å². The van der Waals surface area contributed by atoms with E-state index in [2.05, 4.69) is 32.6 Å². The zero-order chi connectivity index (χ0) is 20.7. The van der Waals surface area contributed by atoms with Gasteiger partial charge in [0.25, 0.3) is 0 Å². The predicted octanol–water partition coefficient (Wildman–Crippen LogP) is 6.09. The Balaban J connectivity index is 2.59. The largest absolute Gasteiger partial charge is 0.478 e. The summed E-state index contributed by atoms with van der Waals surface area (Å²) in [5.74, 6) is -0.908. The summed E-state index contributed by atoms with van der Waals surface area (Å²) in [6.45, 7) is 11.6. The Bertz CT molecular complexity index is 806. The third-order valence-electron chi connectivity index (χ3n) is 4.97. The zero-order valence-electron chi connectivity index (χ0n) is 17.2. The van der Waals surface area contributed by atoms with Crippen LogP contribution in [-0.2, 0) is 4.79 Å². The molecule has 0 aromatic heterocycles. The maximum absolute atomic E-state index is 12.3. The highest BCUT2D eigenvalue weighted by atomic mass is 35.5. The second-order valence-corrected chi connectivity index (χ2v) is 8.27. The fourth-order valence-electron chi connectivity index (χ4n) is 3.60. The van der Waals surface area contributed by atoms with Crippen molar-refractivity contribution in [2.24, 2.45) is 5.41 Å². The average molecular weight is 400 g/mol. The van der Waals surface area contributed by atoms with Crippen LogP contribution in [0.2, 0.25) is 5.02 Å². The molecule has 2 aromatic rings. The molecule has 0 bridgehead atoms. The quantitative estimate of drug-likeness (QED) is 0.409. The minimum Gasteiger partial charge on any atom is -0.478 e. The standard InChI is InChI=1S/C24H30ClNO2/c1-5-26(6-2)17-24(3,4)16-21(18-12-14-20(25)15-13-18)22(23(27)28)19-10-8-7-9-11-19/h7-15H,5-6,16-17H2,1-4H3,(H,27,28). The maximum atomic E-state index is 12.3. The van der Waals surface area contributed by atoms with Gasteiger partial charge in [0.2, 0.25) is 0 Å². The molecule has 0 unspecified atom stereocenters. The van der Waals surface area contributed by atoms with Gasteiger partial charge in [-0.2, -0.15) is 0 Å². The lowest BCUT2D eigenvalue weighted by Crippen LogP contribution is -2.34. The number of hydrogen-bond acceptors (Lipinski definition) is 2. The van der Waals surface area contributed by atoms with Crippen molar-refractivity contribution in [2.75, 3.05) is 19.6 Å². The van der Waals surface area contributed by atoms with E-state index in [0.29, 0.717) is 17.0 Å². The molecule has 3 nitrogen and oxygen atoms in total. The third kappa shape index (κ3) is 5.95. The van der Waals surface area contributed by atoms with Crippen molar-refractivity contribution in [1.29, 1.82) is 0 Å². The molecule has 4 heteroatoms. The lowest BCUT2D eigenvalue weighted by atomic mass is 9.80. The van der Waals surface area contributed by atoms with Crippen molar-refractivity contribution < 1.29 is 9.90 Å². The molecule has 0 spiro atoms. The Morgan fingerprint density at radius 2 is 1.54 bits per heavy atom. The van der Waals surface area contributed by atoms with Crippen molar-refractivity contribution in [3.8, 4) is 0 Å². The first kappa shape index (κ1) is 22.2. The number of carboxylic acids is 1. The number of carbonyl (C=O) groups is 1. The number of allylic oxidation sites excluding steroid dienone is 1. The lowest BCUT2D eigenvalue weighted by Gasteiger charge is -2.33. The van der Waals surface area contributed by atoms with E-state index in [1.165, 1.54) is 0 Å². The molecular weight excluding hydrogens is 370 g/mol. The summed E-state index contributed by atoms with van der Waals surface area (Å²) in [6, 6.07) is 16.8. The van der Waals surface area contributed by atoms with Crippen molar-refractivity contribution >= 4 is 28.7 Å². The molecule has 0 aliphatic carbocycles. The number of carboxylic acid groups (broad SMARTS) is 1. The van der Waals surface area contributed by atoms with Gasteiger partial charge in [-0.25, -0.2) is 4.79 Å². The summed E-state index contributed by atoms with van der Waals surface area (Å²) < 4.78 is 0. The van der Waals surface area contributed by atoms with Crippen molar-refractivity contribution in [2.45, 2.75) is 34.1 Å². The van der Waals surface area contributed by atoms with Crippen LogP contribution in [0, 0.1) is 5.41 Å². The van der Waals surface area contributed by atoms with E-state index in [-0.39, 0.29) is 5.41 Å². The molecule has 2 rings (SSSR count). The van der Waals surface area contributed by atoms with Gasteiger partial charge < -0.3 is 10.0 Å². The van der Waals surface area contributed by atoms with Gasteiger partial charge in [0.15, 0.2) is 0 Å². The Hall–Kier alpha value is -2.10. The van der Waals surface area contributed by atoms with E-state index in [9.17, 15) is 9.90 Å². The number of rotatable bonds is 9. The number of hydrogen-bond donors (Lipinski definition) is 1. The summed E-state index contributed by atoms with van der Waals surface area (Å²) >= 11 is 6.08. The average Bonchev–Trinajstić information content (AvgIpc) is 2.66. The Kier molecular flexibility index (Phi) is 7.85. The number of benzene rings is 2. The van der Waals surface area contributed by atoms with E-state index >= 15 is 0 Å². The third-order valence-corrected chi connectivity index (χ3v) is 5.22. The minimum atomic E-state index is -0.908. The van der Waals surface area contributed by atoms with E-state index < -0.39 is 5.97 Å². The second kappa shape index (κ2) is 9.90. The molecule has 0 fully saturated rings. The molecule has 0 saturated heterocycles. The van der Waals surface area contributed by atoms with Gasteiger partial charge in [-0.1, -0.05) is 81.8 Å². The van der Waals surface area contributed by atoms with Gasteiger partial charge in [-0.15, -0.1) is 0 Å². The van der Waals surface area contributed by atoms with Crippen LogP contribution in [0.15, 0.2) is 54.6 Å². The molecule has 0 radical (unpaired) electrons. The summed E-state index contributed by atoms with van der Waals surface area (Å²) in [5, 5.41) is 10.7. The minimum absolute atomic E-state index is 0.0868. The van der Waals surface area contributed by atoms with Crippen LogP contribution in [0.1, 0.15) is 45.2 Å². The van der Waals surface area contributed by atoms with E-state index in [1.54, 1.807) is 0 Å². The normalized spacial score (nSPS) is 12.8. The highest BCUT2D eigenvalue weighted by molar-refractivity contribution is 6.30. The highest BCUT2D eigenvalue weighted by Crippen LogP contribution is 2.37. The molecule has 0 saturated carbocycles. The topological polar surface area (TPSA) is 40.5 Å². The number of aliphatic carboxylic acids is 1. The second-order valence-electron chi connectivity index (χ2n) is 7.83.